The maximum atomic E-state index is 13.0. The highest BCUT2D eigenvalue weighted by Gasteiger charge is 2.35. The zero-order valence-corrected chi connectivity index (χ0v) is 18.3. The van der Waals surface area contributed by atoms with Crippen LogP contribution in [-0.2, 0) is 31.9 Å². The van der Waals surface area contributed by atoms with Gasteiger partial charge >= 0.3 is 11.9 Å². The van der Waals surface area contributed by atoms with E-state index in [1.54, 1.807) is 11.8 Å². The van der Waals surface area contributed by atoms with Crippen molar-refractivity contribution in [3.63, 3.8) is 0 Å². The highest BCUT2D eigenvalue weighted by atomic mass is 16.5. The summed E-state index contributed by atoms with van der Waals surface area (Å²) in [6.45, 7) is 6.43. The molecular formula is C23H26N2O6. The number of hydrogen-bond donors (Lipinski definition) is 1. The van der Waals surface area contributed by atoms with Crippen molar-refractivity contribution in [2.24, 2.45) is 0 Å². The molecule has 0 spiro atoms. The molecule has 2 atom stereocenters. The van der Waals surface area contributed by atoms with Gasteiger partial charge in [-0.2, -0.15) is 0 Å². The molecular weight excluding hydrogens is 400 g/mol. The monoisotopic (exact) mass is 426 g/mol. The summed E-state index contributed by atoms with van der Waals surface area (Å²) < 4.78 is 10.2. The van der Waals surface area contributed by atoms with Gasteiger partial charge in [-0.15, -0.1) is 0 Å². The third kappa shape index (κ3) is 4.23. The van der Waals surface area contributed by atoms with E-state index < -0.39 is 18.0 Å². The average Bonchev–Trinajstić information content (AvgIpc) is 3.22. The van der Waals surface area contributed by atoms with Crippen molar-refractivity contribution in [3.8, 4) is 0 Å². The Balaban J connectivity index is 1.75. The first kappa shape index (κ1) is 22.3. The first-order valence-corrected chi connectivity index (χ1v) is 10.1. The topological polar surface area (TPSA) is 106 Å². The van der Waals surface area contributed by atoms with Gasteiger partial charge in [0.15, 0.2) is 11.9 Å². The highest BCUT2D eigenvalue weighted by molar-refractivity contribution is 6.02. The Bertz CT molecular complexity index is 1050. The van der Waals surface area contributed by atoms with Gasteiger partial charge in [-0.05, 0) is 44.4 Å². The molecule has 3 rings (SSSR count). The number of rotatable bonds is 6. The number of amides is 1. The number of fused-ring (bicyclic) bond motifs is 1. The largest absolute Gasteiger partial charge is 0.465 e. The fourth-order valence-corrected chi connectivity index (χ4v) is 4.05. The summed E-state index contributed by atoms with van der Waals surface area (Å²) in [4.78, 5) is 54.0. The summed E-state index contributed by atoms with van der Waals surface area (Å²) >= 11 is 0. The van der Waals surface area contributed by atoms with Crippen molar-refractivity contribution < 1.29 is 28.7 Å². The van der Waals surface area contributed by atoms with Crippen molar-refractivity contribution in [1.82, 2.24) is 4.98 Å². The number of ether oxygens (including phenoxy) is 2. The molecule has 1 aromatic carbocycles. The minimum atomic E-state index is -1.01. The van der Waals surface area contributed by atoms with Crippen LogP contribution >= 0.6 is 0 Å². The molecule has 1 N–H and O–H groups in total. The van der Waals surface area contributed by atoms with E-state index in [-0.39, 0.29) is 41.1 Å². The zero-order chi connectivity index (χ0) is 22.9. The third-order valence-corrected chi connectivity index (χ3v) is 5.49. The second-order valence-corrected chi connectivity index (χ2v) is 7.73. The van der Waals surface area contributed by atoms with Crippen LogP contribution in [0.25, 0.3) is 0 Å². The standard InChI is InChI=1S/C23H26N2O6/c1-12-10-16-8-6-7-9-18(16)25(12)22(28)15(4)31-19(27)11-17-20(23(29)30-5)13(2)21(24-17)14(3)26/h6-9,12,15,24H,10-11H2,1-5H3/t12-,15-/m1/s1. The van der Waals surface area contributed by atoms with Crippen LogP contribution in [0.4, 0.5) is 5.69 Å². The Morgan fingerprint density at radius 1 is 1.23 bits per heavy atom. The third-order valence-electron chi connectivity index (χ3n) is 5.49. The van der Waals surface area contributed by atoms with E-state index in [1.807, 2.05) is 31.2 Å². The number of carbonyl (C=O) groups excluding carboxylic acids is 4. The summed E-state index contributed by atoms with van der Waals surface area (Å²) in [5.74, 6) is -1.93. The summed E-state index contributed by atoms with van der Waals surface area (Å²) in [6, 6.07) is 7.60. The number of Topliss-reactive ketones (excluding diaryl/α,β-unsaturated/α-hetero) is 1. The second-order valence-electron chi connectivity index (χ2n) is 7.73. The SMILES string of the molecule is COC(=O)c1c(CC(=O)O[C@H](C)C(=O)N2c3ccccc3C[C@H]2C)[nH]c(C(C)=O)c1C. The van der Waals surface area contributed by atoms with E-state index >= 15 is 0 Å². The molecule has 0 unspecified atom stereocenters. The molecule has 0 radical (unpaired) electrons. The van der Waals surface area contributed by atoms with Crippen LogP contribution in [0.3, 0.4) is 0 Å². The number of hydrogen-bond acceptors (Lipinski definition) is 6. The Hall–Kier alpha value is -3.42. The molecule has 2 heterocycles. The molecule has 1 aliphatic rings. The van der Waals surface area contributed by atoms with Gasteiger partial charge in [0.2, 0.25) is 0 Å². The number of para-hydroxylation sites is 1. The lowest BCUT2D eigenvalue weighted by Gasteiger charge is -2.25. The fourth-order valence-electron chi connectivity index (χ4n) is 4.05. The minimum Gasteiger partial charge on any atom is -0.465 e. The summed E-state index contributed by atoms with van der Waals surface area (Å²) in [5, 5.41) is 0. The number of esters is 2. The van der Waals surface area contributed by atoms with Crippen molar-refractivity contribution in [2.45, 2.75) is 52.7 Å². The van der Waals surface area contributed by atoms with E-state index in [2.05, 4.69) is 4.98 Å². The van der Waals surface area contributed by atoms with E-state index in [0.29, 0.717) is 5.56 Å². The fraction of sp³-hybridized carbons (Fsp3) is 0.391. The molecule has 8 nitrogen and oxygen atoms in total. The number of benzene rings is 1. The van der Waals surface area contributed by atoms with Gasteiger partial charge in [0, 0.05) is 24.3 Å². The quantitative estimate of drug-likeness (QED) is 0.562. The van der Waals surface area contributed by atoms with E-state index in [4.69, 9.17) is 9.47 Å². The van der Waals surface area contributed by atoms with Crippen LogP contribution in [0.1, 0.15) is 58.4 Å². The summed E-state index contributed by atoms with van der Waals surface area (Å²) in [7, 11) is 1.22. The number of ketones is 1. The predicted molar refractivity (Wildman–Crippen MR) is 113 cm³/mol. The molecule has 2 aromatic rings. The van der Waals surface area contributed by atoms with Crippen molar-refractivity contribution >= 4 is 29.3 Å². The van der Waals surface area contributed by atoms with Crippen LogP contribution in [0.15, 0.2) is 24.3 Å². The van der Waals surface area contributed by atoms with Crippen LogP contribution in [-0.4, -0.2) is 47.9 Å². The number of nitrogens with zero attached hydrogens (tertiary/aromatic N) is 1. The number of nitrogens with one attached hydrogen (secondary N) is 1. The molecule has 0 fully saturated rings. The lowest BCUT2D eigenvalue weighted by Crippen LogP contribution is -2.43. The summed E-state index contributed by atoms with van der Waals surface area (Å²) in [6.07, 6.45) is -0.575. The van der Waals surface area contributed by atoms with Gasteiger partial charge in [0.25, 0.3) is 5.91 Å². The van der Waals surface area contributed by atoms with E-state index in [9.17, 15) is 19.2 Å². The Morgan fingerprint density at radius 3 is 2.55 bits per heavy atom. The van der Waals surface area contributed by atoms with Crippen LogP contribution < -0.4 is 4.90 Å². The first-order chi connectivity index (χ1) is 14.6. The Kier molecular flexibility index (Phi) is 6.29. The van der Waals surface area contributed by atoms with Crippen LogP contribution in [0.2, 0.25) is 0 Å². The number of carbonyl (C=O) groups is 4. The average molecular weight is 426 g/mol. The minimum absolute atomic E-state index is 0.0406. The maximum Gasteiger partial charge on any atom is 0.339 e. The molecule has 164 valence electrons. The van der Waals surface area contributed by atoms with Gasteiger partial charge in [-0.25, -0.2) is 4.79 Å². The van der Waals surface area contributed by atoms with Crippen molar-refractivity contribution in [2.75, 3.05) is 12.0 Å². The van der Waals surface area contributed by atoms with Crippen LogP contribution in [0.5, 0.6) is 0 Å². The molecule has 0 aliphatic carbocycles. The van der Waals surface area contributed by atoms with Gasteiger partial charge in [-0.3, -0.25) is 14.4 Å². The molecule has 8 heteroatoms. The number of aromatic amines is 1. The molecule has 31 heavy (non-hydrogen) atoms. The van der Waals surface area contributed by atoms with Gasteiger partial charge < -0.3 is 19.4 Å². The van der Waals surface area contributed by atoms with Crippen LogP contribution in [0, 0.1) is 6.92 Å². The van der Waals surface area contributed by atoms with Gasteiger partial charge in [0.1, 0.15) is 0 Å². The molecule has 1 aromatic heterocycles. The number of H-pyrrole nitrogens is 1. The lowest BCUT2D eigenvalue weighted by molar-refractivity contribution is -0.153. The molecule has 0 saturated carbocycles. The second kappa shape index (κ2) is 8.75. The number of methoxy groups -OCH3 is 1. The number of aromatic nitrogens is 1. The zero-order valence-electron chi connectivity index (χ0n) is 18.3. The maximum absolute atomic E-state index is 13.0. The van der Waals surface area contributed by atoms with Crippen molar-refractivity contribution in [3.05, 3.63) is 52.3 Å². The smallest absolute Gasteiger partial charge is 0.339 e. The highest BCUT2D eigenvalue weighted by Crippen LogP contribution is 2.32. The van der Waals surface area contributed by atoms with E-state index in [1.165, 1.54) is 21.0 Å². The first-order valence-electron chi connectivity index (χ1n) is 10.1. The predicted octanol–water partition coefficient (Wildman–Crippen LogP) is 2.76. The lowest BCUT2D eigenvalue weighted by atomic mass is 10.1. The van der Waals surface area contributed by atoms with Crippen molar-refractivity contribution in [1.29, 1.82) is 0 Å². The molecule has 1 amide bonds. The van der Waals surface area contributed by atoms with Gasteiger partial charge in [0.05, 0.1) is 24.8 Å². The van der Waals surface area contributed by atoms with E-state index in [0.717, 1.165) is 17.7 Å². The normalized spacial score (nSPS) is 15.9. The Labute approximate surface area is 180 Å². The van der Waals surface area contributed by atoms with Gasteiger partial charge in [-0.1, -0.05) is 18.2 Å². The molecule has 0 bridgehead atoms. The molecule has 1 aliphatic heterocycles. The Morgan fingerprint density at radius 2 is 1.90 bits per heavy atom. The summed E-state index contributed by atoms with van der Waals surface area (Å²) in [5.41, 5.74) is 2.89. The molecule has 0 saturated heterocycles. The number of anilines is 1.